The maximum atomic E-state index is 12.9. The fraction of sp³-hybridized carbons (Fsp3) is 0.0833. The highest BCUT2D eigenvalue weighted by Crippen LogP contribution is 2.31. The first-order valence-electron chi connectivity index (χ1n) is 10.1. The SMILES string of the molecule is Cc1ccccc1Oc1cc(NC(=O)c2ccnn2COc2ccccc2Cl)cc([N+](=O)[O-])c1. The van der Waals surface area contributed by atoms with E-state index < -0.39 is 10.8 Å². The van der Waals surface area contributed by atoms with E-state index in [9.17, 15) is 14.9 Å². The van der Waals surface area contributed by atoms with Crippen LogP contribution in [0.1, 0.15) is 16.1 Å². The molecule has 34 heavy (non-hydrogen) atoms. The van der Waals surface area contributed by atoms with Crippen molar-refractivity contribution >= 4 is 28.9 Å². The second kappa shape index (κ2) is 10.1. The Morgan fingerprint density at radius 3 is 2.56 bits per heavy atom. The molecular formula is C24H19ClN4O5. The summed E-state index contributed by atoms with van der Waals surface area (Å²) in [6.07, 6.45) is 1.45. The molecule has 9 nitrogen and oxygen atoms in total. The van der Waals surface area contributed by atoms with Gasteiger partial charge in [-0.1, -0.05) is 41.9 Å². The Hall–Kier alpha value is -4.37. The summed E-state index contributed by atoms with van der Waals surface area (Å²) in [5, 5.41) is 18.6. The molecule has 0 spiro atoms. The summed E-state index contributed by atoms with van der Waals surface area (Å²) in [5.41, 5.74) is 1.03. The highest BCUT2D eigenvalue weighted by Gasteiger charge is 2.17. The van der Waals surface area contributed by atoms with Gasteiger partial charge in [0.2, 0.25) is 0 Å². The molecule has 0 unspecified atom stereocenters. The number of aromatic nitrogens is 2. The molecule has 0 saturated heterocycles. The molecule has 3 aromatic carbocycles. The normalized spacial score (nSPS) is 10.5. The molecular weight excluding hydrogens is 460 g/mol. The zero-order valence-corrected chi connectivity index (χ0v) is 18.7. The van der Waals surface area contributed by atoms with Gasteiger partial charge in [-0.05, 0) is 36.8 Å². The quantitative estimate of drug-likeness (QED) is 0.252. The second-order valence-corrected chi connectivity index (χ2v) is 7.62. The van der Waals surface area contributed by atoms with E-state index >= 15 is 0 Å². The summed E-state index contributed by atoms with van der Waals surface area (Å²) < 4.78 is 12.8. The van der Waals surface area contributed by atoms with E-state index in [-0.39, 0.29) is 29.5 Å². The number of ether oxygens (including phenoxy) is 2. The molecule has 0 bridgehead atoms. The lowest BCUT2D eigenvalue weighted by atomic mass is 10.2. The molecule has 4 aromatic rings. The first kappa shape index (κ1) is 22.8. The zero-order valence-electron chi connectivity index (χ0n) is 18.0. The van der Waals surface area contributed by atoms with Crippen LogP contribution in [-0.2, 0) is 6.73 Å². The zero-order chi connectivity index (χ0) is 24.1. The van der Waals surface area contributed by atoms with Gasteiger partial charge in [-0.15, -0.1) is 0 Å². The molecule has 1 aromatic heterocycles. The first-order chi connectivity index (χ1) is 16.4. The third kappa shape index (κ3) is 5.33. The summed E-state index contributed by atoms with van der Waals surface area (Å²) in [7, 11) is 0. The largest absolute Gasteiger partial charge is 0.470 e. The lowest BCUT2D eigenvalue weighted by Crippen LogP contribution is -2.19. The number of aryl methyl sites for hydroxylation is 1. The third-order valence-corrected chi connectivity index (χ3v) is 5.12. The van der Waals surface area contributed by atoms with E-state index in [1.54, 1.807) is 36.4 Å². The number of hydrogen-bond acceptors (Lipinski definition) is 6. The third-order valence-electron chi connectivity index (χ3n) is 4.81. The Labute approximate surface area is 199 Å². The molecule has 0 aliphatic heterocycles. The van der Waals surface area contributed by atoms with Crippen LogP contribution in [-0.4, -0.2) is 20.6 Å². The minimum Gasteiger partial charge on any atom is -0.470 e. The van der Waals surface area contributed by atoms with E-state index in [1.165, 1.54) is 35.1 Å². The van der Waals surface area contributed by atoms with Gasteiger partial charge in [0.25, 0.3) is 11.6 Å². The lowest BCUT2D eigenvalue weighted by Gasteiger charge is -2.12. The number of carbonyl (C=O) groups excluding carboxylic acids is 1. The average Bonchev–Trinajstić information content (AvgIpc) is 3.29. The monoisotopic (exact) mass is 478 g/mol. The molecule has 1 N–H and O–H groups in total. The Morgan fingerprint density at radius 2 is 1.82 bits per heavy atom. The van der Waals surface area contributed by atoms with Crippen LogP contribution in [0.15, 0.2) is 79.0 Å². The van der Waals surface area contributed by atoms with Crippen LogP contribution < -0.4 is 14.8 Å². The average molecular weight is 479 g/mol. The van der Waals surface area contributed by atoms with Crippen LogP contribution in [0.3, 0.4) is 0 Å². The van der Waals surface area contributed by atoms with Gasteiger partial charge in [-0.25, -0.2) is 4.68 Å². The topological polar surface area (TPSA) is 109 Å². The van der Waals surface area contributed by atoms with Crippen molar-refractivity contribution in [3.05, 3.63) is 105 Å². The van der Waals surface area contributed by atoms with Crippen LogP contribution >= 0.6 is 11.6 Å². The summed E-state index contributed by atoms with van der Waals surface area (Å²) in [4.78, 5) is 23.8. The molecule has 172 valence electrons. The highest BCUT2D eigenvalue weighted by atomic mass is 35.5. The van der Waals surface area contributed by atoms with Crippen LogP contribution in [0.5, 0.6) is 17.2 Å². The number of carbonyl (C=O) groups is 1. The van der Waals surface area contributed by atoms with Crippen molar-refractivity contribution < 1.29 is 19.2 Å². The molecule has 4 rings (SSSR count). The van der Waals surface area contributed by atoms with E-state index in [0.717, 1.165) is 5.56 Å². The number of halogens is 1. The predicted molar refractivity (Wildman–Crippen MR) is 127 cm³/mol. The Kier molecular flexibility index (Phi) is 6.74. The Balaban J connectivity index is 1.53. The molecule has 1 heterocycles. The number of benzene rings is 3. The molecule has 1 amide bonds. The van der Waals surface area contributed by atoms with Crippen molar-refractivity contribution in [1.29, 1.82) is 0 Å². The number of nitrogens with one attached hydrogen (secondary N) is 1. The number of nitro benzene ring substituents is 1. The van der Waals surface area contributed by atoms with Crippen molar-refractivity contribution in [2.45, 2.75) is 13.7 Å². The molecule has 0 aliphatic carbocycles. The number of anilines is 1. The number of hydrogen-bond donors (Lipinski definition) is 1. The fourth-order valence-electron chi connectivity index (χ4n) is 3.13. The molecule has 0 atom stereocenters. The number of rotatable bonds is 8. The molecule has 10 heteroatoms. The maximum absolute atomic E-state index is 12.9. The van der Waals surface area contributed by atoms with Gasteiger partial charge in [-0.2, -0.15) is 5.10 Å². The summed E-state index contributed by atoms with van der Waals surface area (Å²) in [5.74, 6) is 0.690. The van der Waals surface area contributed by atoms with Gasteiger partial charge in [0.05, 0.1) is 21.7 Å². The minimum atomic E-state index is -0.554. The predicted octanol–water partition coefficient (Wildman–Crippen LogP) is 5.83. The van der Waals surface area contributed by atoms with Crippen molar-refractivity contribution in [2.75, 3.05) is 5.32 Å². The Morgan fingerprint density at radius 1 is 1.09 bits per heavy atom. The van der Waals surface area contributed by atoms with E-state index in [1.807, 2.05) is 19.1 Å². The molecule has 0 radical (unpaired) electrons. The van der Waals surface area contributed by atoms with Gasteiger partial charge in [-0.3, -0.25) is 14.9 Å². The molecule has 0 aliphatic rings. The second-order valence-electron chi connectivity index (χ2n) is 7.21. The van der Waals surface area contributed by atoms with Crippen molar-refractivity contribution in [2.24, 2.45) is 0 Å². The van der Waals surface area contributed by atoms with E-state index in [2.05, 4.69) is 10.4 Å². The van der Waals surface area contributed by atoms with Gasteiger partial charge >= 0.3 is 0 Å². The van der Waals surface area contributed by atoms with Crippen molar-refractivity contribution in [3.63, 3.8) is 0 Å². The summed E-state index contributed by atoms with van der Waals surface area (Å²) in [6, 6.07) is 19.8. The maximum Gasteiger partial charge on any atom is 0.275 e. The number of nitrogens with zero attached hydrogens (tertiary/aromatic N) is 3. The lowest BCUT2D eigenvalue weighted by molar-refractivity contribution is -0.384. The van der Waals surface area contributed by atoms with Crippen LogP contribution in [0, 0.1) is 17.0 Å². The molecule has 0 fully saturated rings. The van der Waals surface area contributed by atoms with Gasteiger partial charge in [0, 0.05) is 18.3 Å². The number of amides is 1. The number of nitro groups is 1. The minimum absolute atomic E-state index is 0.0595. The van der Waals surface area contributed by atoms with E-state index in [0.29, 0.717) is 16.5 Å². The number of non-ortho nitro benzene ring substituents is 1. The van der Waals surface area contributed by atoms with Crippen molar-refractivity contribution in [1.82, 2.24) is 9.78 Å². The summed E-state index contributed by atoms with van der Waals surface area (Å²) >= 11 is 6.10. The van der Waals surface area contributed by atoms with Crippen molar-refractivity contribution in [3.8, 4) is 17.2 Å². The van der Waals surface area contributed by atoms with Gasteiger partial charge in [0.15, 0.2) is 6.73 Å². The fourth-order valence-corrected chi connectivity index (χ4v) is 3.32. The highest BCUT2D eigenvalue weighted by molar-refractivity contribution is 6.32. The first-order valence-corrected chi connectivity index (χ1v) is 10.5. The van der Waals surface area contributed by atoms with Crippen LogP contribution in [0.2, 0.25) is 5.02 Å². The standard InChI is InChI=1S/C24H19ClN4O5/c1-16-6-2-4-8-22(16)34-19-13-17(12-18(14-19)29(31)32)27-24(30)21-10-11-26-28(21)15-33-23-9-5-3-7-20(23)25/h2-14H,15H2,1H3,(H,27,30). The van der Waals surface area contributed by atoms with Gasteiger partial charge in [0.1, 0.15) is 22.9 Å². The molecule has 0 saturated carbocycles. The van der Waals surface area contributed by atoms with E-state index in [4.69, 9.17) is 21.1 Å². The number of para-hydroxylation sites is 2. The van der Waals surface area contributed by atoms with Crippen LogP contribution in [0.25, 0.3) is 0 Å². The van der Waals surface area contributed by atoms with Crippen LogP contribution in [0.4, 0.5) is 11.4 Å². The summed E-state index contributed by atoms with van der Waals surface area (Å²) in [6.45, 7) is 1.80. The van der Waals surface area contributed by atoms with Gasteiger partial charge < -0.3 is 14.8 Å². The smallest absolute Gasteiger partial charge is 0.275 e. The Bertz CT molecular complexity index is 1350.